The molecule has 1 atom stereocenters. The Balaban J connectivity index is 2.63. The van der Waals surface area contributed by atoms with Gasteiger partial charge in [0.2, 0.25) is 0 Å². The molecule has 1 aromatic rings. The Kier molecular flexibility index (Phi) is 7.01. The zero-order chi connectivity index (χ0) is 15.8. The van der Waals surface area contributed by atoms with Crippen molar-refractivity contribution in [3.05, 3.63) is 22.7 Å². The lowest BCUT2D eigenvalue weighted by atomic mass is 10.1. The standard InChI is InChI=1S/C14H19BrN2O4/c1-3-4-5-11(13(18)19)17-14(20)16-9-6-7-12(21-2)10(15)8-9/h6-8,11H,3-5H2,1-2H3,(H,18,19)(H2,16,17,20)/t11-/m0/s1. The highest BCUT2D eigenvalue weighted by atomic mass is 79.9. The molecule has 1 aromatic carbocycles. The third-order valence-electron chi connectivity index (χ3n) is 2.86. The number of anilines is 1. The van der Waals surface area contributed by atoms with Gasteiger partial charge in [-0.2, -0.15) is 0 Å². The second kappa shape index (κ2) is 8.51. The molecule has 0 saturated carbocycles. The number of unbranched alkanes of at least 4 members (excludes halogenated alkanes) is 1. The molecule has 0 aliphatic heterocycles. The van der Waals surface area contributed by atoms with E-state index in [1.807, 2.05) is 6.92 Å². The van der Waals surface area contributed by atoms with E-state index in [0.717, 1.165) is 12.8 Å². The van der Waals surface area contributed by atoms with E-state index < -0.39 is 18.0 Å². The van der Waals surface area contributed by atoms with Crippen molar-refractivity contribution in [2.75, 3.05) is 12.4 Å². The fourth-order valence-electron chi connectivity index (χ4n) is 1.74. The number of carboxylic acids is 1. The number of aliphatic carboxylic acids is 1. The number of halogens is 1. The van der Waals surface area contributed by atoms with Gasteiger partial charge in [0.15, 0.2) is 0 Å². The Morgan fingerprint density at radius 3 is 2.67 bits per heavy atom. The van der Waals surface area contributed by atoms with Gasteiger partial charge in [0.25, 0.3) is 0 Å². The van der Waals surface area contributed by atoms with Gasteiger partial charge < -0.3 is 20.5 Å². The van der Waals surface area contributed by atoms with Gasteiger partial charge in [-0.1, -0.05) is 19.8 Å². The minimum absolute atomic E-state index is 0.408. The average molecular weight is 359 g/mol. The van der Waals surface area contributed by atoms with Crippen LogP contribution in [0, 0.1) is 0 Å². The lowest BCUT2D eigenvalue weighted by Crippen LogP contribution is -2.42. The van der Waals surface area contributed by atoms with Crippen molar-refractivity contribution in [2.45, 2.75) is 32.2 Å². The van der Waals surface area contributed by atoms with Crippen LogP contribution in [0.25, 0.3) is 0 Å². The Bertz CT molecular complexity index is 508. The molecule has 0 aliphatic carbocycles. The predicted molar refractivity (Wildman–Crippen MR) is 83.8 cm³/mol. The molecule has 0 unspecified atom stereocenters. The number of amides is 2. The van der Waals surface area contributed by atoms with Gasteiger partial charge in [-0.15, -0.1) is 0 Å². The molecule has 0 bridgehead atoms. The predicted octanol–water partition coefficient (Wildman–Crippen LogP) is 3.22. The number of ether oxygens (including phenoxy) is 1. The third kappa shape index (κ3) is 5.63. The van der Waals surface area contributed by atoms with Gasteiger partial charge in [-0.3, -0.25) is 0 Å². The van der Waals surface area contributed by atoms with Gasteiger partial charge in [-0.05, 0) is 40.5 Å². The molecule has 0 aliphatic rings. The van der Waals surface area contributed by atoms with Gasteiger partial charge in [-0.25, -0.2) is 9.59 Å². The highest BCUT2D eigenvalue weighted by Gasteiger charge is 2.19. The number of carbonyl (C=O) groups is 2. The normalized spacial score (nSPS) is 11.6. The smallest absolute Gasteiger partial charge is 0.326 e. The maximum Gasteiger partial charge on any atom is 0.326 e. The van der Waals surface area contributed by atoms with Gasteiger partial charge >= 0.3 is 12.0 Å². The number of hydrogen-bond acceptors (Lipinski definition) is 3. The summed E-state index contributed by atoms with van der Waals surface area (Å²) in [5, 5.41) is 14.1. The van der Waals surface area contributed by atoms with E-state index in [1.165, 1.54) is 0 Å². The van der Waals surface area contributed by atoms with Crippen LogP contribution in [0.3, 0.4) is 0 Å². The first-order valence-corrected chi connectivity index (χ1v) is 7.41. The van der Waals surface area contributed by atoms with Gasteiger partial charge in [0.05, 0.1) is 11.6 Å². The number of methoxy groups -OCH3 is 1. The summed E-state index contributed by atoms with van der Waals surface area (Å²) in [5.41, 5.74) is 0.541. The van der Waals surface area contributed by atoms with E-state index in [0.29, 0.717) is 22.3 Å². The summed E-state index contributed by atoms with van der Waals surface area (Å²) in [6, 6.07) is 3.62. The Labute approximate surface area is 132 Å². The van der Waals surface area contributed by atoms with Crippen LogP contribution >= 0.6 is 15.9 Å². The molecule has 0 radical (unpaired) electrons. The molecule has 0 spiro atoms. The van der Waals surface area contributed by atoms with Crippen molar-refractivity contribution in [2.24, 2.45) is 0 Å². The van der Waals surface area contributed by atoms with E-state index in [1.54, 1.807) is 25.3 Å². The van der Waals surface area contributed by atoms with Crippen LogP contribution < -0.4 is 15.4 Å². The van der Waals surface area contributed by atoms with Crippen LogP contribution in [0.4, 0.5) is 10.5 Å². The number of carbonyl (C=O) groups excluding carboxylic acids is 1. The van der Waals surface area contributed by atoms with Gasteiger partial charge in [0.1, 0.15) is 11.8 Å². The lowest BCUT2D eigenvalue weighted by molar-refractivity contribution is -0.139. The quantitative estimate of drug-likeness (QED) is 0.698. The number of rotatable bonds is 7. The van der Waals surface area contributed by atoms with Gasteiger partial charge in [0, 0.05) is 5.69 Å². The molecule has 21 heavy (non-hydrogen) atoms. The topological polar surface area (TPSA) is 87.7 Å². The Morgan fingerprint density at radius 2 is 2.14 bits per heavy atom. The molecule has 116 valence electrons. The van der Waals surface area contributed by atoms with Crippen LogP contribution in [0.2, 0.25) is 0 Å². The second-order valence-electron chi connectivity index (χ2n) is 4.48. The largest absolute Gasteiger partial charge is 0.496 e. The maximum atomic E-state index is 11.8. The monoisotopic (exact) mass is 358 g/mol. The van der Waals surface area contributed by atoms with Crippen molar-refractivity contribution in [1.29, 1.82) is 0 Å². The van der Waals surface area contributed by atoms with E-state index in [9.17, 15) is 9.59 Å². The van der Waals surface area contributed by atoms with Crippen molar-refractivity contribution in [3.63, 3.8) is 0 Å². The van der Waals surface area contributed by atoms with E-state index in [2.05, 4.69) is 26.6 Å². The molecule has 6 nitrogen and oxygen atoms in total. The van der Waals surface area contributed by atoms with Crippen molar-refractivity contribution >= 4 is 33.6 Å². The van der Waals surface area contributed by atoms with Crippen molar-refractivity contribution in [1.82, 2.24) is 5.32 Å². The first kappa shape index (κ1) is 17.3. The first-order valence-electron chi connectivity index (χ1n) is 6.61. The fraction of sp³-hybridized carbons (Fsp3) is 0.429. The van der Waals surface area contributed by atoms with E-state index in [4.69, 9.17) is 9.84 Å². The molecule has 0 saturated heterocycles. The zero-order valence-corrected chi connectivity index (χ0v) is 13.6. The van der Waals surface area contributed by atoms with Crippen LogP contribution in [0.15, 0.2) is 22.7 Å². The SMILES string of the molecule is CCCC[C@H](NC(=O)Nc1ccc(OC)c(Br)c1)C(=O)O. The molecule has 1 rings (SSSR count). The molecule has 0 aromatic heterocycles. The summed E-state index contributed by atoms with van der Waals surface area (Å²) in [6.07, 6.45) is 2.02. The van der Waals surface area contributed by atoms with E-state index >= 15 is 0 Å². The minimum Gasteiger partial charge on any atom is -0.496 e. The summed E-state index contributed by atoms with van der Waals surface area (Å²) < 4.78 is 5.79. The summed E-state index contributed by atoms with van der Waals surface area (Å²) in [7, 11) is 1.55. The molecule has 7 heteroatoms. The molecule has 2 amide bonds. The molecule has 0 fully saturated rings. The third-order valence-corrected chi connectivity index (χ3v) is 3.48. The van der Waals surface area contributed by atoms with Crippen LogP contribution in [0.5, 0.6) is 5.75 Å². The zero-order valence-electron chi connectivity index (χ0n) is 12.0. The van der Waals surface area contributed by atoms with Crippen molar-refractivity contribution in [3.8, 4) is 5.75 Å². The molecule has 0 heterocycles. The number of benzene rings is 1. The first-order chi connectivity index (χ1) is 9.97. The minimum atomic E-state index is -1.03. The molecule has 3 N–H and O–H groups in total. The Morgan fingerprint density at radius 1 is 1.43 bits per heavy atom. The molecular weight excluding hydrogens is 340 g/mol. The number of nitrogens with one attached hydrogen (secondary N) is 2. The maximum absolute atomic E-state index is 11.8. The fourth-order valence-corrected chi connectivity index (χ4v) is 2.28. The summed E-state index contributed by atoms with van der Waals surface area (Å²) >= 11 is 3.31. The summed E-state index contributed by atoms with van der Waals surface area (Å²) in [6.45, 7) is 1.97. The second-order valence-corrected chi connectivity index (χ2v) is 5.34. The van der Waals surface area contributed by atoms with E-state index in [-0.39, 0.29) is 0 Å². The number of carboxylic acid groups (broad SMARTS) is 1. The average Bonchev–Trinajstić information content (AvgIpc) is 2.43. The van der Waals surface area contributed by atoms with Crippen molar-refractivity contribution < 1.29 is 19.4 Å². The molecular formula is C14H19BrN2O4. The van der Waals surface area contributed by atoms with Crippen LogP contribution in [-0.4, -0.2) is 30.3 Å². The highest BCUT2D eigenvalue weighted by Crippen LogP contribution is 2.27. The number of urea groups is 1. The summed E-state index contributed by atoms with van der Waals surface area (Å²) in [5.74, 6) is -0.387. The Hall–Kier alpha value is -1.76. The highest BCUT2D eigenvalue weighted by molar-refractivity contribution is 9.10. The van der Waals surface area contributed by atoms with Crippen LogP contribution in [-0.2, 0) is 4.79 Å². The number of hydrogen-bond donors (Lipinski definition) is 3. The van der Waals surface area contributed by atoms with Crippen LogP contribution in [0.1, 0.15) is 26.2 Å². The lowest BCUT2D eigenvalue weighted by Gasteiger charge is -2.15. The summed E-state index contributed by atoms with van der Waals surface area (Å²) in [4.78, 5) is 22.9.